The van der Waals surface area contributed by atoms with Gasteiger partial charge in [-0.1, -0.05) is 25.1 Å². The molecule has 106 valence electrons. The number of nitrogens with zero attached hydrogens (tertiary/aromatic N) is 1. The number of hydrogen-bond donors (Lipinski definition) is 1. The van der Waals surface area contributed by atoms with E-state index < -0.39 is 0 Å². The van der Waals surface area contributed by atoms with Crippen LogP contribution in [0.3, 0.4) is 0 Å². The third-order valence-corrected chi connectivity index (χ3v) is 4.34. The summed E-state index contributed by atoms with van der Waals surface area (Å²) >= 11 is 0. The molecule has 0 amide bonds. The summed E-state index contributed by atoms with van der Waals surface area (Å²) in [5, 5.41) is 4.85. The van der Waals surface area contributed by atoms with Crippen LogP contribution in [0.1, 0.15) is 33.1 Å². The van der Waals surface area contributed by atoms with Crippen molar-refractivity contribution in [2.24, 2.45) is 0 Å². The number of aromatic nitrogens is 1. The first-order valence-electron chi connectivity index (χ1n) is 7.44. The van der Waals surface area contributed by atoms with Crippen molar-refractivity contribution < 1.29 is 4.74 Å². The van der Waals surface area contributed by atoms with Gasteiger partial charge in [-0.25, -0.2) is 0 Å². The molecular formula is C17H22N2O. The van der Waals surface area contributed by atoms with E-state index in [1.807, 2.05) is 12.3 Å². The van der Waals surface area contributed by atoms with Gasteiger partial charge in [0.25, 0.3) is 0 Å². The monoisotopic (exact) mass is 270 g/mol. The zero-order valence-corrected chi connectivity index (χ0v) is 12.2. The smallest absolute Gasteiger partial charge is 0.0933 e. The largest absolute Gasteiger partial charge is 0.380 e. The first-order chi connectivity index (χ1) is 9.70. The third kappa shape index (κ3) is 2.63. The number of rotatable bonds is 3. The molecule has 3 rings (SSSR count). The molecule has 2 unspecified atom stereocenters. The number of hydrogen-bond acceptors (Lipinski definition) is 3. The predicted molar refractivity (Wildman–Crippen MR) is 83.0 cm³/mol. The minimum atomic E-state index is 0.00787. The zero-order valence-electron chi connectivity index (χ0n) is 12.2. The Labute approximate surface area is 120 Å². The van der Waals surface area contributed by atoms with Gasteiger partial charge in [-0.15, -0.1) is 0 Å². The van der Waals surface area contributed by atoms with Gasteiger partial charge in [0, 0.05) is 24.2 Å². The van der Waals surface area contributed by atoms with Crippen molar-refractivity contribution in [2.45, 2.75) is 44.8 Å². The molecule has 1 aromatic heterocycles. The molecule has 0 aliphatic carbocycles. The topological polar surface area (TPSA) is 34.2 Å². The lowest BCUT2D eigenvalue weighted by Gasteiger charge is -2.38. The van der Waals surface area contributed by atoms with Gasteiger partial charge in [-0.05, 0) is 38.3 Å². The van der Waals surface area contributed by atoms with E-state index in [9.17, 15) is 0 Å². The van der Waals surface area contributed by atoms with Crippen LogP contribution in [0.15, 0.2) is 36.5 Å². The highest BCUT2D eigenvalue weighted by Gasteiger charge is 2.31. The van der Waals surface area contributed by atoms with Crippen LogP contribution in [0.4, 0.5) is 5.69 Å². The van der Waals surface area contributed by atoms with E-state index in [4.69, 9.17) is 4.74 Å². The highest BCUT2D eigenvalue weighted by atomic mass is 16.5. The standard InChI is InChI=1S/C17H22N2O/c1-3-17(2)12-14(9-11-20-17)19-15-8-4-6-13-7-5-10-18-16(13)15/h4-8,10,14,19H,3,9,11-12H2,1-2H3. The van der Waals surface area contributed by atoms with Crippen molar-refractivity contribution in [3.05, 3.63) is 36.5 Å². The van der Waals surface area contributed by atoms with Gasteiger partial charge >= 0.3 is 0 Å². The van der Waals surface area contributed by atoms with Crippen molar-refractivity contribution in [1.82, 2.24) is 4.98 Å². The maximum absolute atomic E-state index is 5.91. The molecule has 0 radical (unpaired) electrons. The average Bonchev–Trinajstić information content (AvgIpc) is 2.48. The summed E-state index contributed by atoms with van der Waals surface area (Å²) < 4.78 is 5.91. The molecular weight excluding hydrogens is 248 g/mol. The molecule has 2 atom stereocenters. The second kappa shape index (κ2) is 5.41. The van der Waals surface area contributed by atoms with E-state index in [1.54, 1.807) is 0 Å². The average molecular weight is 270 g/mol. The minimum Gasteiger partial charge on any atom is -0.380 e. The van der Waals surface area contributed by atoms with Crippen LogP contribution in [0.5, 0.6) is 0 Å². The fraction of sp³-hybridized carbons (Fsp3) is 0.471. The first-order valence-corrected chi connectivity index (χ1v) is 7.44. The van der Waals surface area contributed by atoms with Gasteiger partial charge in [0.1, 0.15) is 0 Å². The van der Waals surface area contributed by atoms with Crippen molar-refractivity contribution in [3.8, 4) is 0 Å². The molecule has 2 aromatic rings. The van der Waals surface area contributed by atoms with Gasteiger partial charge in [0.05, 0.1) is 16.8 Å². The number of fused-ring (bicyclic) bond motifs is 1. The van der Waals surface area contributed by atoms with Crippen LogP contribution in [0.2, 0.25) is 0 Å². The molecule has 1 fully saturated rings. The Bertz CT molecular complexity index is 593. The van der Waals surface area contributed by atoms with E-state index in [0.29, 0.717) is 6.04 Å². The molecule has 1 saturated heterocycles. The Balaban J connectivity index is 1.83. The summed E-state index contributed by atoms with van der Waals surface area (Å²) in [4.78, 5) is 4.51. The Morgan fingerprint density at radius 1 is 1.35 bits per heavy atom. The van der Waals surface area contributed by atoms with Crippen molar-refractivity contribution >= 4 is 16.6 Å². The summed E-state index contributed by atoms with van der Waals surface area (Å²) in [6.07, 6.45) is 5.01. The van der Waals surface area contributed by atoms with Crippen LogP contribution in [-0.4, -0.2) is 23.2 Å². The van der Waals surface area contributed by atoms with Crippen LogP contribution < -0.4 is 5.32 Å². The molecule has 1 aliphatic rings. The van der Waals surface area contributed by atoms with Crippen molar-refractivity contribution in [2.75, 3.05) is 11.9 Å². The van der Waals surface area contributed by atoms with Crippen molar-refractivity contribution in [1.29, 1.82) is 0 Å². The highest BCUT2D eigenvalue weighted by molar-refractivity contribution is 5.90. The molecule has 1 aliphatic heterocycles. The molecule has 2 heterocycles. The molecule has 0 saturated carbocycles. The lowest BCUT2D eigenvalue weighted by atomic mass is 9.89. The molecule has 1 N–H and O–H groups in total. The van der Waals surface area contributed by atoms with E-state index in [-0.39, 0.29) is 5.60 Å². The second-order valence-electron chi connectivity index (χ2n) is 5.87. The lowest BCUT2D eigenvalue weighted by molar-refractivity contribution is -0.0708. The van der Waals surface area contributed by atoms with Crippen LogP contribution >= 0.6 is 0 Å². The molecule has 20 heavy (non-hydrogen) atoms. The van der Waals surface area contributed by atoms with E-state index in [0.717, 1.165) is 37.1 Å². The Morgan fingerprint density at radius 2 is 2.20 bits per heavy atom. The number of pyridine rings is 1. The normalized spacial score (nSPS) is 26.6. The highest BCUT2D eigenvalue weighted by Crippen LogP contribution is 2.30. The van der Waals surface area contributed by atoms with E-state index >= 15 is 0 Å². The molecule has 1 aromatic carbocycles. The Morgan fingerprint density at radius 3 is 3.05 bits per heavy atom. The fourth-order valence-electron chi connectivity index (χ4n) is 2.94. The molecule has 0 spiro atoms. The maximum atomic E-state index is 5.91. The third-order valence-electron chi connectivity index (χ3n) is 4.34. The number of benzene rings is 1. The van der Waals surface area contributed by atoms with Crippen LogP contribution in [-0.2, 0) is 4.74 Å². The number of anilines is 1. The summed E-state index contributed by atoms with van der Waals surface area (Å²) in [6, 6.07) is 10.9. The molecule has 3 nitrogen and oxygen atoms in total. The molecule has 0 bridgehead atoms. The van der Waals surface area contributed by atoms with Gasteiger partial charge in [-0.3, -0.25) is 4.98 Å². The Hall–Kier alpha value is -1.61. The lowest BCUT2D eigenvalue weighted by Crippen LogP contribution is -2.41. The van der Waals surface area contributed by atoms with Gasteiger partial charge < -0.3 is 10.1 Å². The predicted octanol–water partition coefficient (Wildman–Crippen LogP) is 3.99. The second-order valence-corrected chi connectivity index (χ2v) is 5.87. The SMILES string of the molecule is CCC1(C)CC(Nc2cccc3cccnc23)CCO1. The first kappa shape index (κ1) is 13.4. The number of nitrogens with one attached hydrogen (secondary N) is 1. The van der Waals surface area contributed by atoms with E-state index in [2.05, 4.69) is 48.4 Å². The van der Waals surface area contributed by atoms with Gasteiger partial charge in [-0.2, -0.15) is 0 Å². The summed E-state index contributed by atoms with van der Waals surface area (Å²) in [6.45, 7) is 5.24. The van der Waals surface area contributed by atoms with Gasteiger partial charge in [0.15, 0.2) is 0 Å². The van der Waals surface area contributed by atoms with Gasteiger partial charge in [0.2, 0.25) is 0 Å². The van der Waals surface area contributed by atoms with Crippen molar-refractivity contribution in [3.63, 3.8) is 0 Å². The minimum absolute atomic E-state index is 0.00787. The number of para-hydroxylation sites is 1. The number of ether oxygens (including phenoxy) is 1. The fourth-order valence-corrected chi connectivity index (χ4v) is 2.94. The summed E-state index contributed by atoms with van der Waals surface area (Å²) in [7, 11) is 0. The molecule has 3 heteroatoms. The summed E-state index contributed by atoms with van der Waals surface area (Å²) in [5.41, 5.74) is 2.20. The van der Waals surface area contributed by atoms with Crippen LogP contribution in [0.25, 0.3) is 10.9 Å². The zero-order chi connectivity index (χ0) is 14.0. The van der Waals surface area contributed by atoms with E-state index in [1.165, 1.54) is 5.39 Å². The van der Waals surface area contributed by atoms with Crippen LogP contribution in [0, 0.1) is 0 Å². The summed E-state index contributed by atoms with van der Waals surface area (Å²) in [5.74, 6) is 0. The quantitative estimate of drug-likeness (QED) is 0.915. The maximum Gasteiger partial charge on any atom is 0.0933 e. The Kier molecular flexibility index (Phi) is 3.62.